The number of benzene rings is 2. The van der Waals surface area contributed by atoms with Gasteiger partial charge < -0.3 is 14.8 Å². The van der Waals surface area contributed by atoms with Crippen molar-refractivity contribution in [1.82, 2.24) is 0 Å². The average Bonchev–Trinajstić information content (AvgIpc) is 3.24. The van der Waals surface area contributed by atoms with E-state index in [0.29, 0.717) is 5.92 Å². The Morgan fingerprint density at radius 3 is 2.79 bits per heavy atom. The smallest absolute Gasteiger partial charge is 0.148 e. The van der Waals surface area contributed by atoms with E-state index in [-0.39, 0.29) is 6.10 Å². The minimum atomic E-state index is 0.262. The number of nitrogens with one attached hydrogen (secondary N) is 1. The molecule has 0 amide bonds. The van der Waals surface area contributed by atoms with Gasteiger partial charge in [-0.1, -0.05) is 30.3 Å². The van der Waals surface area contributed by atoms with Gasteiger partial charge in [-0.05, 0) is 47.9 Å². The Morgan fingerprint density at radius 2 is 1.96 bits per heavy atom. The molecule has 3 heteroatoms. The summed E-state index contributed by atoms with van der Waals surface area (Å²) in [5.74, 6) is 1.65. The number of hydrogen-bond donors (Lipinski definition) is 1. The van der Waals surface area contributed by atoms with Crippen LogP contribution in [0.5, 0.6) is 5.75 Å². The van der Waals surface area contributed by atoms with Crippen molar-refractivity contribution >= 4 is 5.69 Å². The van der Waals surface area contributed by atoms with E-state index in [2.05, 4.69) is 35.6 Å². The zero-order valence-electron chi connectivity index (χ0n) is 14.1. The van der Waals surface area contributed by atoms with Gasteiger partial charge in [0.2, 0.25) is 0 Å². The van der Waals surface area contributed by atoms with Crippen LogP contribution in [-0.2, 0) is 24.1 Å². The van der Waals surface area contributed by atoms with Gasteiger partial charge in [0, 0.05) is 24.6 Å². The minimum Gasteiger partial charge on any atom is -0.494 e. The predicted molar refractivity (Wildman–Crippen MR) is 94.8 cm³/mol. The Kier molecular flexibility index (Phi) is 3.30. The molecule has 0 spiro atoms. The van der Waals surface area contributed by atoms with Crippen molar-refractivity contribution < 1.29 is 9.47 Å². The first-order valence-electron chi connectivity index (χ1n) is 9.03. The fourth-order valence-electron chi connectivity index (χ4n) is 4.84. The van der Waals surface area contributed by atoms with Gasteiger partial charge in [0.1, 0.15) is 5.75 Å². The molecule has 0 radical (unpaired) electrons. The minimum absolute atomic E-state index is 0.262. The second-order valence-corrected chi connectivity index (χ2v) is 7.07. The molecule has 2 aromatic carbocycles. The maximum Gasteiger partial charge on any atom is 0.148 e. The highest BCUT2D eigenvalue weighted by atomic mass is 16.5. The molecule has 2 aliphatic carbocycles. The van der Waals surface area contributed by atoms with Crippen molar-refractivity contribution in [2.24, 2.45) is 0 Å². The average molecular weight is 321 g/mol. The zero-order valence-corrected chi connectivity index (χ0v) is 14.1. The summed E-state index contributed by atoms with van der Waals surface area (Å²) < 4.78 is 11.9. The second kappa shape index (κ2) is 5.52. The third-order valence-corrected chi connectivity index (χ3v) is 5.87. The Labute approximate surface area is 143 Å². The summed E-state index contributed by atoms with van der Waals surface area (Å²) in [5.41, 5.74) is 8.48. The number of anilines is 1. The molecule has 3 aliphatic rings. The lowest BCUT2D eigenvalue weighted by atomic mass is 9.70. The summed E-state index contributed by atoms with van der Waals surface area (Å²) in [6.07, 6.45) is 5.06. The highest BCUT2D eigenvalue weighted by Crippen LogP contribution is 2.61. The van der Waals surface area contributed by atoms with Crippen molar-refractivity contribution in [2.45, 2.75) is 44.2 Å². The van der Waals surface area contributed by atoms with Gasteiger partial charge in [0.15, 0.2) is 0 Å². The molecular formula is C21H23NO2. The molecule has 3 nitrogen and oxygen atoms in total. The van der Waals surface area contributed by atoms with Crippen LogP contribution in [0.1, 0.15) is 52.7 Å². The summed E-state index contributed by atoms with van der Waals surface area (Å²) in [7, 11) is 1.80. The molecule has 1 aliphatic heterocycles. The number of hydrogen-bond acceptors (Lipinski definition) is 3. The molecule has 1 fully saturated rings. The number of fused-ring (bicyclic) bond motifs is 6. The first-order chi connectivity index (χ1) is 11.9. The van der Waals surface area contributed by atoms with E-state index in [1.807, 2.05) is 0 Å². The molecule has 1 N–H and O–H groups in total. The van der Waals surface area contributed by atoms with Gasteiger partial charge in [-0.25, -0.2) is 0 Å². The van der Waals surface area contributed by atoms with Crippen LogP contribution in [-0.4, -0.2) is 13.7 Å². The van der Waals surface area contributed by atoms with E-state index in [4.69, 9.17) is 9.47 Å². The summed E-state index contributed by atoms with van der Waals surface area (Å²) in [5, 5.41) is 3.68. The fourth-order valence-corrected chi connectivity index (χ4v) is 4.84. The van der Waals surface area contributed by atoms with E-state index in [1.165, 1.54) is 41.6 Å². The summed E-state index contributed by atoms with van der Waals surface area (Å²) >= 11 is 0. The standard InChI is InChI=1S/C21H23NO2/c1-23-21-18-17(16-10-11-24-20(16)18)14-8-5-9-15(14)19(21)22-12-13-6-3-2-4-7-13/h2-4,6-7,16,20,22H,5,8-12H2,1H3. The van der Waals surface area contributed by atoms with Gasteiger partial charge in [-0.3, -0.25) is 0 Å². The van der Waals surface area contributed by atoms with Gasteiger partial charge in [0.25, 0.3) is 0 Å². The molecule has 0 saturated carbocycles. The summed E-state index contributed by atoms with van der Waals surface area (Å²) in [6.45, 7) is 1.71. The van der Waals surface area contributed by atoms with Crippen LogP contribution < -0.4 is 10.1 Å². The predicted octanol–water partition coefficient (Wildman–Crippen LogP) is 4.35. The molecule has 2 unspecified atom stereocenters. The highest BCUT2D eigenvalue weighted by molar-refractivity contribution is 5.75. The Hall–Kier alpha value is -2.00. The van der Waals surface area contributed by atoms with Crippen molar-refractivity contribution in [2.75, 3.05) is 19.0 Å². The van der Waals surface area contributed by atoms with Crippen LogP contribution in [0, 0.1) is 0 Å². The first kappa shape index (κ1) is 14.4. The first-order valence-corrected chi connectivity index (χ1v) is 9.03. The van der Waals surface area contributed by atoms with E-state index in [9.17, 15) is 0 Å². The van der Waals surface area contributed by atoms with Crippen molar-refractivity contribution in [3.05, 3.63) is 58.1 Å². The van der Waals surface area contributed by atoms with Crippen LogP contribution >= 0.6 is 0 Å². The molecule has 0 aromatic heterocycles. The quantitative estimate of drug-likeness (QED) is 0.908. The molecule has 2 atom stereocenters. The van der Waals surface area contributed by atoms with Crippen LogP contribution in [0.3, 0.4) is 0 Å². The molecule has 0 bridgehead atoms. The van der Waals surface area contributed by atoms with E-state index < -0.39 is 0 Å². The number of rotatable bonds is 4. The van der Waals surface area contributed by atoms with Gasteiger partial charge in [-0.15, -0.1) is 0 Å². The van der Waals surface area contributed by atoms with E-state index >= 15 is 0 Å². The maximum atomic E-state index is 5.99. The summed E-state index contributed by atoms with van der Waals surface area (Å²) in [6, 6.07) is 10.6. The Balaban J connectivity index is 1.57. The van der Waals surface area contributed by atoms with Crippen molar-refractivity contribution in [1.29, 1.82) is 0 Å². The fraction of sp³-hybridized carbons (Fsp3) is 0.429. The summed E-state index contributed by atoms with van der Waals surface area (Å²) in [4.78, 5) is 0. The molecule has 1 saturated heterocycles. The second-order valence-electron chi connectivity index (χ2n) is 7.07. The number of methoxy groups -OCH3 is 1. The molecule has 124 valence electrons. The Bertz CT molecular complexity index is 784. The SMILES string of the molecule is COc1c(NCc2ccccc2)c2c(c3c1C1OCCC31)CCC2. The molecule has 2 aromatic rings. The van der Waals surface area contributed by atoms with E-state index in [1.54, 1.807) is 18.2 Å². The molecule has 24 heavy (non-hydrogen) atoms. The lowest BCUT2D eigenvalue weighted by Crippen LogP contribution is -2.25. The topological polar surface area (TPSA) is 30.5 Å². The van der Waals surface area contributed by atoms with Gasteiger partial charge in [0.05, 0.1) is 18.9 Å². The third-order valence-electron chi connectivity index (χ3n) is 5.87. The van der Waals surface area contributed by atoms with Crippen molar-refractivity contribution in [3.8, 4) is 5.75 Å². The van der Waals surface area contributed by atoms with Crippen molar-refractivity contribution in [3.63, 3.8) is 0 Å². The molecule has 1 heterocycles. The maximum absolute atomic E-state index is 5.99. The monoisotopic (exact) mass is 321 g/mol. The largest absolute Gasteiger partial charge is 0.494 e. The van der Waals surface area contributed by atoms with Crippen LogP contribution in [0.25, 0.3) is 0 Å². The van der Waals surface area contributed by atoms with E-state index in [0.717, 1.165) is 25.3 Å². The van der Waals surface area contributed by atoms with Crippen LogP contribution in [0.2, 0.25) is 0 Å². The lowest BCUT2D eigenvalue weighted by Gasteiger charge is -2.38. The molecular weight excluding hydrogens is 298 g/mol. The lowest BCUT2D eigenvalue weighted by molar-refractivity contribution is 0.0853. The Morgan fingerprint density at radius 1 is 1.12 bits per heavy atom. The van der Waals surface area contributed by atoms with Gasteiger partial charge in [-0.2, -0.15) is 0 Å². The molecule has 5 rings (SSSR count). The highest BCUT2D eigenvalue weighted by Gasteiger charge is 2.48. The number of ether oxygens (including phenoxy) is 2. The van der Waals surface area contributed by atoms with Crippen LogP contribution in [0.15, 0.2) is 30.3 Å². The third kappa shape index (κ3) is 1.94. The van der Waals surface area contributed by atoms with Crippen LogP contribution in [0.4, 0.5) is 5.69 Å². The normalized spacial score (nSPS) is 23.2. The zero-order chi connectivity index (χ0) is 16.1. The van der Waals surface area contributed by atoms with Gasteiger partial charge >= 0.3 is 0 Å².